The van der Waals surface area contributed by atoms with Crippen LogP contribution in [-0.4, -0.2) is 37.5 Å². The van der Waals surface area contributed by atoms with E-state index in [0.717, 1.165) is 0 Å². The molecule has 0 radical (unpaired) electrons. The molecule has 3 N–H and O–H groups in total. The van der Waals surface area contributed by atoms with Gasteiger partial charge in [0, 0.05) is 30.3 Å². The summed E-state index contributed by atoms with van der Waals surface area (Å²) in [6, 6.07) is 4.69. The Morgan fingerprint density at radius 2 is 1.96 bits per heavy atom. The van der Waals surface area contributed by atoms with Crippen LogP contribution < -0.4 is 10.0 Å². The lowest BCUT2D eigenvalue weighted by atomic mass is 10.1. The van der Waals surface area contributed by atoms with Crippen molar-refractivity contribution in [1.29, 1.82) is 0 Å². The average Bonchev–Trinajstić information content (AvgIpc) is 2.54. The van der Waals surface area contributed by atoms with Crippen molar-refractivity contribution in [3.05, 3.63) is 29.8 Å². The highest BCUT2D eigenvalue weighted by atomic mass is 32.2. The van der Waals surface area contributed by atoms with Crippen molar-refractivity contribution in [2.24, 2.45) is 0 Å². The number of aromatic hydroxyl groups is 1. The van der Waals surface area contributed by atoms with Crippen molar-refractivity contribution in [2.75, 3.05) is 11.9 Å². The zero-order valence-corrected chi connectivity index (χ0v) is 16.1. The number of hydrogen-bond donors (Lipinski definition) is 3. The Balaban J connectivity index is 2.45. The first-order valence-corrected chi connectivity index (χ1v) is 9.95. The summed E-state index contributed by atoms with van der Waals surface area (Å²) in [5, 5.41) is 12.2. The Labute approximate surface area is 154 Å². The van der Waals surface area contributed by atoms with Crippen LogP contribution in [0, 0.1) is 0 Å². The maximum atomic E-state index is 11.9. The van der Waals surface area contributed by atoms with E-state index < -0.39 is 15.3 Å². The maximum Gasteiger partial charge on any atom is 0.224 e. The van der Waals surface area contributed by atoms with E-state index >= 15 is 0 Å². The summed E-state index contributed by atoms with van der Waals surface area (Å²) in [7, 11) is -3.27. The molecule has 0 aromatic heterocycles. The third kappa shape index (κ3) is 6.97. The van der Waals surface area contributed by atoms with Crippen molar-refractivity contribution in [2.45, 2.75) is 45.3 Å². The quantitative estimate of drug-likeness (QED) is 0.327. The highest BCUT2D eigenvalue weighted by Crippen LogP contribution is 2.27. The number of unbranched alkanes of at least 4 members (excludes halogenated alkanes) is 1. The van der Waals surface area contributed by atoms with E-state index in [1.807, 2.05) is 0 Å². The summed E-state index contributed by atoms with van der Waals surface area (Å²) in [4.78, 5) is 22.4. The molecule has 0 aliphatic carbocycles. The summed E-state index contributed by atoms with van der Waals surface area (Å²) in [5.74, 6) is -0.245. The molecule has 0 saturated carbocycles. The van der Waals surface area contributed by atoms with Crippen LogP contribution in [0.25, 0.3) is 5.57 Å². The van der Waals surface area contributed by atoms with Gasteiger partial charge in [0.2, 0.25) is 15.9 Å². The Hall–Kier alpha value is -2.19. The van der Waals surface area contributed by atoms with Crippen LogP contribution in [0.3, 0.4) is 0 Å². The van der Waals surface area contributed by atoms with E-state index in [1.54, 1.807) is 32.9 Å². The monoisotopic (exact) mass is 382 g/mol. The number of aldehydes is 1. The third-order valence-corrected chi connectivity index (χ3v) is 5.63. The largest absolute Gasteiger partial charge is 0.507 e. The molecular formula is C18H26N2O5S. The van der Waals surface area contributed by atoms with Crippen LogP contribution in [0.2, 0.25) is 0 Å². The summed E-state index contributed by atoms with van der Waals surface area (Å²) in [5.41, 5.74) is 1.60. The number of benzene rings is 1. The standard InChI is InChI=1S/C18H26N2O5S/c1-13(2)26(24,25)19-10-5-4-6-18(23)20-15-7-8-16(17(22)12-15)14(3)9-11-21/h7-9,11-13,19,22H,4-6,10H2,1-3H3,(H,20,23)/b14-9-. The zero-order valence-electron chi connectivity index (χ0n) is 15.3. The van der Waals surface area contributed by atoms with Crippen LogP contribution in [0.1, 0.15) is 45.6 Å². The fraction of sp³-hybridized carbons (Fsp3) is 0.444. The normalized spacial score (nSPS) is 12.2. The number of amides is 1. The van der Waals surface area contributed by atoms with Gasteiger partial charge in [0.25, 0.3) is 0 Å². The fourth-order valence-corrected chi connectivity index (χ4v) is 2.91. The second-order valence-electron chi connectivity index (χ2n) is 6.21. The van der Waals surface area contributed by atoms with E-state index in [2.05, 4.69) is 10.0 Å². The van der Waals surface area contributed by atoms with Crippen LogP contribution >= 0.6 is 0 Å². The van der Waals surface area contributed by atoms with Crippen molar-refractivity contribution in [3.63, 3.8) is 0 Å². The van der Waals surface area contributed by atoms with E-state index in [4.69, 9.17) is 0 Å². The topological polar surface area (TPSA) is 113 Å². The predicted octanol–water partition coefficient (Wildman–Crippen LogP) is 2.43. The van der Waals surface area contributed by atoms with Gasteiger partial charge in [-0.15, -0.1) is 0 Å². The van der Waals surface area contributed by atoms with E-state index in [1.165, 1.54) is 12.1 Å². The van der Waals surface area contributed by atoms with Crippen molar-refractivity contribution in [1.82, 2.24) is 4.72 Å². The first-order chi connectivity index (χ1) is 12.2. The Bertz CT molecular complexity index is 770. The van der Waals surface area contributed by atoms with Gasteiger partial charge >= 0.3 is 0 Å². The minimum absolute atomic E-state index is 0.0264. The molecule has 0 spiro atoms. The molecule has 1 aromatic rings. The number of sulfonamides is 1. The molecule has 7 nitrogen and oxygen atoms in total. The molecule has 1 amide bonds. The van der Waals surface area contributed by atoms with Crippen LogP contribution in [0.5, 0.6) is 5.75 Å². The van der Waals surface area contributed by atoms with Crippen LogP contribution in [-0.2, 0) is 19.6 Å². The Kier molecular flexibility index (Phi) is 8.47. The minimum Gasteiger partial charge on any atom is -0.507 e. The first kappa shape index (κ1) is 21.9. The second kappa shape index (κ2) is 10.1. The van der Waals surface area contributed by atoms with Crippen molar-refractivity contribution in [3.8, 4) is 5.75 Å². The molecule has 26 heavy (non-hydrogen) atoms. The molecule has 0 aliphatic rings. The predicted molar refractivity (Wildman–Crippen MR) is 102 cm³/mol. The lowest BCUT2D eigenvalue weighted by Gasteiger charge is -2.10. The smallest absolute Gasteiger partial charge is 0.224 e. The van der Waals surface area contributed by atoms with Gasteiger partial charge in [-0.3, -0.25) is 9.59 Å². The summed E-state index contributed by atoms with van der Waals surface area (Å²) >= 11 is 0. The van der Waals surface area contributed by atoms with Gasteiger partial charge in [0.05, 0.1) is 5.25 Å². The van der Waals surface area contributed by atoms with Gasteiger partial charge in [-0.05, 0) is 57.4 Å². The van der Waals surface area contributed by atoms with Gasteiger partial charge < -0.3 is 10.4 Å². The van der Waals surface area contributed by atoms with Gasteiger partial charge in [0.15, 0.2) is 0 Å². The van der Waals surface area contributed by atoms with E-state index in [-0.39, 0.29) is 18.1 Å². The van der Waals surface area contributed by atoms with E-state index in [0.29, 0.717) is 42.5 Å². The highest BCUT2D eigenvalue weighted by Gasteiger charge is 2.14. The number of carbonyl (C=O) groups excluding carboxylic acids is 2. The van der Waals surface area contributed by atoms with Crippen LogP contribution in [0.4, 0.5) is 5.69 Å². The van der Waals surface area contributed by atoms with Gasteiger partial charge in [-0.1, -0.05) is 0 Å². The average molecular weight is 382 g/mol. The van der Waals surface area contributed by atoms with Gasteiger partial charge in [0.1, 0.15) is 12.0 Å². The molecule has 0 heterocycles. The van der Waals surface area contributed by atoms with E-state index in [9.17, 15) is 23.1 Å². The molecule has 0 bridgehead atoms. The molecule has 0 saturated heterocycles. The number of nitrogens with one attached hydrogen (secondary N) is 2. The molecule has 0 aliphatic heterocycles. The van der Waals surface area contributed by atoms with Gasteiger partial charge in [-0.25, -0.2) is 13.1 Å². The second-order valence-corrected chi connectivity index (χ2v) is 8.53. The summed E-state index contributed by atoms with van der Waals surface area (Å²) in [6.07, 6.45) is 3.33. The Morgan fingerprint density at radius 3 is 2.54 bits per heavy atom. The first-order valence-electron chi connectivity index (χ1n) is 8.41. The lowest BCUT2D eigenvalue weighted by molar-refractivity contribution is -0.116. The molecule has 144 valence electrons. The number of phenolic OH excluding ortho intramolecular Hbond substituents is 1. The number of anilines is 1. The SMILES string of the molecule is C/C(=C/C=O)c1ccc(NC(=O)CCCCNS(=O)(=O)C(C)C)cc1O. The molecule has 1 rings (SSSR count). The molecule has 8 heteroatoms. The number of rotatable bonds is 10. The fourth-order valence-electron chi connectivity index (χ4n) is 2.15. The number of phenols is 1. The molecule has 1 aromatic carbocycles. The molecular weight excluding hydrogens is 356 g/mol. The zero-order chi connectivity index (χ0) is 19.7. The molecule has 0 atom stereocenters. The number of hydrogen-bond acceptors (Lipinski definition) is 5. The minimum atomic E-state index is -3.27. The van der Waals surface area contributed by atoms with Crippen molar-refractivity contribution < 1.29 is 23.1 Å². The molecule has 0 unspecified atom stereocenters. The van der Waals surface area contributed by atoms with Gasteiger partial charge in [-0.2, -0.15) is 0 Å². The lowest BCUT2D eigenvalue weighted by Crippen LogP contribution is -2.31. The molecule has 0 fully saturated rings. The van der Waals surface area contributed by atoms with Crippen LogP contribution in [0.15, 0.2) is 24.3 Å². The maximum absolute atomic E-state index is 11.9. The summed E-state index contributed by atoms with van der Waals surface area (Å²) < 4.78 is 25.7. The third-order valence-electron chi connectivity index (χ3n) is 3.78. The summed E-state index contributed by atoms with van der Waals surface area (Å²) in [6.45, 7) is 5.21. The Morgan fingerprint density at radius 1 is 1.27 bits per heavy atom. The number of carbonyl (C=O) groups is 2. The highest BCUT2D eigenvalue weighted by molar-refractivity contribution is 7.90. The number of allylic oxidation sites excluding steroid dienone is 2. The van der Waals surface area contributed by atoms with Crippen molar-refractivity contribution >= 4 is 33.5 Å².